The quantitative estimate of drug-likeness (QED) is 0.322. The van der Waals surface area contributed by atoms with Crippen LogP contribution in [0.1, 0.15) is 5.56 Å². The van der Waals surface area contributed by atoms with Crippen molar-refractivity contribution >= 4 is 19.7 Å². The van der Waals surface area contributed by atoms with Gasteiger partial charge in [-0.15, -0.1) is 11.6 Å². The summed E-state index contributed by atoms with van der Waals surface area (Å²) in [6, 6.07) is 8.93. The van der Waals surface area contributed by atoms with Gasteiger partial charge < -0.3 is 9.47 Å². The molecule has 0 aromatic heterocycles. The zero-order valence-electron chi connectivity index (χ0n) is 10.8. The summed E-state index contributed by atoms with van der Waals surface area (Å²) in [5.74, 6) is 1.36. The van der Waals surface area contributed by atoms with Crippen LogP contribution in [-0.4, -0.2) is 21.5 Å². The third-order valence-corrected chi connectivity index (χ3v) is 4.40. The largest absolute Gasteiger partial charge is 0.468 e. The van der Waals surface area contributed by atoms with Crippen LogP contribution in [0.2, 0.25) is 25.7 Å². The van der Waals surface area contributed by atoms with E-state index in [4.69, 9.17) is 21.1 Å². The van der Waals surface area contributed by atoms with Crippen LogP contribution >= 0.6 is 11.6 Å². The summed E-state index contributed by atoms with van der Waals surface area (Å²) in [6.45, 7) is 8.12. The first-order valence-corrected chi connectivity index (χ1v) is 10.1. The molecule has 0 spiro atoms. The van der Waals surface area contributed by atoms with Crippen molar-refractivity contribution in [2.45, 2.75) is 31.6 Å². The Labute approximate surface area is 110 Å². The number of alkyl halides is 1. The van der Waals surface area contributed by atoms with E-state index in [9.17, 15) is 0 Å². The van der Waals surface area contributed by atoms with E-state index in [0.717, 1.165) is 17.9 Å². The smallest absolute Gasteiger partial charge is 0.189 e. The summed E-state index contributed by atoms with van der Waals surface area (Å²) in [5.41, 5.74) is 1.10. The predicted molar refractivity (Wildman–Crippen MR) is 75.6 cm³/mol. The van der Waals surface area contributed by atoms with Gasteiger partial charge in [-0.2, -0.15) is 0 Å². The van der Waals surface area contributed by atoms with E-state index in [0.29, 0.717) is 12.7 Å². The van der Waals surface area contributed by atoms with Crippen LogP contribution in [-0.2, 0) is 10.6 Å². The van der Waals surface area contributed by atoms with Gasteiger partial charge in [-0.25, -0.2) is 0 Å². The molecular formula is C13H21ClO2Si. The van der Waals surface area contributed by atoms with Crippen molar-refractivity contribution in [1.82, 2.24) is 0 Å². The van der Waals surface area contributed by atoms with Crippen molar-refractivity contribution < 1.29 is 9.47 Å². The lowest BCUT2D eigenvalue weighted by Gasteiger charge is -2.15. The molecule has 0 aliphatic carbocycles. The maximum atomic E-state index is 5.71. The average Bonchev–Trinajstić information content (AvgIpc) is 2.28. The molecule has 0 aliphatic heterocycles. The van der Waals surface area contributed by atoms with Crippen LogP contribution in [0, 0.1) is 0 Å². The Kier molecular flexibility index (Phi) is 6.02. The van der Waals surface area contributed by atoms with E-state index in [1.54, 1.807) is 0 Å². The number of ether oxygens (including phenoxy) is 2. The lowest BCUT2D eigenvalue weighted by Crippen LogP contribution is -2.22. The van der Waals surface area contributed by atoms with Gasteiger partial charge >= 0.3 is 0 Å². The van der Waals surface area contributed by atoms with Crippen LogP contribution < -0.4 is 4.74 Å². The number of benzene rings is 1. The minimum atomic E-state index is -0.994. The van der Waals surface area contributed by atoms with Gasteiger partial charge in [0.15, 0.2) is 6.79 Å². The maximum Gasteiger partial charge on any atom is 0.189 e. The van der Waals surface area contributed by atoms with Crippen LogP contribution in [0.5, 0.6) is 5.75 Å². The minimum Gasteiger partial charge on any atom is -0.468 e. The van der Waals surface area contributed by atoms with Gasteiger partial charge in [-0.3, -0.25) is 0 Å². The highest BCUT2D eigenvalue weighted by molar-refractivity contribution is 6.76. The molecule has 0 radical (unpaired) electrons. The molecule has 2 nitrogen and oxygen atoms in total. The summed E-state index contributed by atoms with van der Waals surface area (Å²) in [4.78, 5) is 0. The van der Waals surface area contributed by atoms with E-state index in [2.05, 4.69) is 19.6 Å². The minimum absolute atomic E-state index is 0.324. The third kappa shape index (κ3) is 6.71. The first kappa shape index (κ1) is 14.5. The highest BCUT2D eigenvalue weighted by Gasteiger charge is 2.11. The molecule has 1 aromatic carbocycles. The highest BCUT2D eigenvalue weighted by Crippen LogP contribution is 2.13. The second kappa shape index (κ2) is 7.04. The molecule has 1 rings (SSSR count). The van der Waals surface area contributed by atoms with E-state index < -0.39 is 8.07 Å². The average molecular weight is 273 g/mol. The van der Waals surface area contributed by atoms with E-state index >= 15 is 0 Å². The molecule has 0 saturated heterocycles. The molecule has 0 amide bonds. The van der Waals surface area contributed by atoms with E-state index in [1.807, 2.05) is 24.3 Å². The standard InChI is InChI=1S/C13H21ClO2Si/c1-17(2,3)9-8-15-11-16-13-6-4-12(10-14)5-7-13/h4-7H,8-11H2,1-3H3. The van der Waals surface area contributed by atoms with Gasteiger partial charge in [0.05, 0.1) is 0 Å². The summed E-state index contributed by atoms with van der Waals surface area (Å²) in [7, 11) is -0.994. The zero-order chi connectivity index (χ0) is 12.7. The van der Waals surface area contributed by atoms with Crippen molar-refractivity contribution in [3.8, 4) is 5.75 Å². The maximum absolute atomic E-state index is 5.71. The van der Waals surface area contributed by atoms with Gasteiger partial charge in [-0.1, -0.05) is 31.8 Å². The van der Waals surface area contributed by atoms with E-state index in [1.165, 1.54) is 6.04 Å². The second-order valence-corrected chi connectivity index (χ2v) is 11.1. The van der Waals surface area contributed by atoms with Gasteiger partial charge in [-0.05, 0) is 23.7 Å². The van der Waals surface area contributed by atoms with Gasteiger partial charge in [0.25, 0.3) is 0 Å². The topological polar surface area (TPSA) is 18.5 Å². The van der Waals surface area contributed by atoms with Crippen LogP contribution in [0.4, 0.5) is 0 Å². The van der Waals surface area contributed by atoms with Gasteiger partial charge in [0.1, 0.15) is 5.75 Å². The fraction of sp³-hybridized carbons (Fsp3) is 0.538. The molecule has 17 heavy (non-hydrogen) atoms. The Balaban J connectivity index is 2.18. The molecule has 0 N–H and O–H groups in total. The van der Waals surface area contributed by atoms with Crippen molar-refractivity contribution in [3.63, 3.8) is 0 Å². The Morgan fingerprint density at radius 1 is 1.12 bits per heavy atom. The van der Waals surface area contributed by atoms with Crippen LogP contribution in [0.3, 0.4) is 0 Å². The monoisotopic (exact) mass is 272 g/mol. The van der Waals surface area contributed by atoms with Crippen molar-refractivity contribution in [2.24, 2.45) is 0 Å². The van der Waals surface area contributed by atoms with Gasteiger partial charge in [0.2, 0.25) is 0 Å². The molecule has 0 saturated carbocycles. The molecule has 4 heteroatoms. The Hall–Kier alpha value is -0.513. The number of hydrogen-bond acceptors (Lipinski definition) is 2. The molecule has 0 unspecified atom stereocenters. The van der Waals surface area contributed by atoms with Crippen LogP contribution in [0.25, 0.3) is 0 Å². The molecule has 1 aromatic rings. The molecule has 0 aliphatic rings. The highest BCUT2D eigenvalue weighted by atomic mass is 35.5. The first-order chi connectivity index (χ1) is 8.01. The van der Waals surface area contributed by atoms with Crippen molar-refractivity contribution in [2.75, 3.05) is 13.4 Å². The lowest BCUT2D eigenvalue weighted by atomic mass is 10.2. The fourth-order valence-corrected chi connectivity index (χ4v) is 2.16. The SMILES string of the molecule is C[Si](C)(C)CCOCOc1ccc(CCl)cc1. The lowest BCUT2D eigenvalue weighted by molar-refractivity contribution is 0.0220. The summed E-state index contributed by atoms with van der Waals surface area (Å²) in [5, 5.41) is 0. The van der Waals surface area contributed by atoms with E-state index in [-0.39, 0.29) is 0 Å². The second-order valence-electron chi connectivity index (χ2n) is 5.26. The molecule has 0 bridgehead atoms. The molecule has 0 fully saturated rings. The first-order valence-electron chi connectivity index (χ1n) is 5.87. The zero-order valence-corrected chi connectivity index (χ0v) is 12.6. The number of rotatable bonds is 7. The Bertz CT molecular complexity index is 319. The third-order valence-electron chi connectivity index (χ3n) is 2.38. The Morgan fingerprint density at radius 3 is 2.29 bits per heavy atom. The fourth-order valence-electron chi connectivity index (χ4n) is 1.22. The summed E-state index contributed by atoms with van der Waals surface area (Å²) < 4.78 is 10.9. The van der Waals surface area contributed by atoms with Crippen molar-refractivity contribution in [1.29, 1.82) is 0 Å². The van der Waals surface area contributed by atoms with Crippen LogP contribution in [0.15, 0.2) is 24.3 Å². The number of hydrogen-bond donors (Lipinski definition) is 0. The summed E-state index contributed by atoms with van der Waals surface area (Å²) >= 11 is 5.71. The van der Waals surface area contributed by atoms with Gasteiger partial charge in [0, 0.05) is 20.6 Å². The number of halogens is 1. The molecule has 96 valence electrons. The Morgan fingerprint density at radius 2 is 1.76 bits per heavy atom. The summed E-state index contributed by atoms with van der Waals surface area (Å²) in [6.07, 6.45) is 0. The molecule has 0 atom stereocenters. The predicted octanol–water partition coefficient (Wildman–Crippen LogP) is 4.12. The molecular weight excluding hydrogens is 252 g/mol. The normalized spacial score (nSPS) is 11.5. The van der Waals surface area contributed by atoms with Crippen molar-refractivity contribution in [3.05, 3.63) is 29.8 Å². The molecule has 0 heterocycles.